The summed E-state index contributed by atoms with van der Waals surface area (Å²) in [5.41, 5.74) is 5.75. The van der Waals surface area contributed by atoms with Crippen LogP contribution in [-0.2, 0) is 23.2 Å². The van der Waals surface area contributed by atoms with Gasteiger partial charge in [-0.3, -0.25) is 9.36 Å². The summed E-state index contributed by atoms with van der Waals surface area (Å²) in [4.78, 5) is 21.9. The van der Waals surface area contributed by atoms with E-state index < -0.39 is 0 Å². The molecule has 2 heterocycles. The predicted molar refractivity (Wildman–Crippen MR) is 147 cm³/mol. The number of para-hydroxylation sites is 2. The second-order valence-electron chi connectivity index (χ2n) is 10.1. The Morgan fingerprint density at radius 3 is 2.46 bits per heavy atom. The van der Waals surface area contributed by atoms with E-state index in [4.69, 9.17) is 21.0 Å². The van der Waals surface area contributed by atoms with Crippen molar-refractivity contribution in [3.05, 3.63) is 101 Å². The summed E-state index contributed by atoms with van der Waals surface area (Å²) in [5.74, 6) is 0.591. The van der Waals surface area contributed by atoms with Crippen LogP contribution in [0.4, 0.5) is 0 Å². The minimum absolute atomic E-state index is 0.0482. The van der Waals surface area contributed by atoms with Crippen LogP contribution in [-0.4, -0.2) is 20.4 Å². The number of benzene rings is 3. The predicted octanol–water partition coefficient (Wildman–Crippen LogP) is 6.88. The zero-order valence-corrected chi connectivity index (χ0v) is 21.9. The van der Waals surface area contributed by atoms with Gasteiger partial charge < -0.3 is 9.73 Å². The van der Waals surface area contributed by atoms with Gasteiger partial charge >= 0.3 is 6.01 Å². The number of aromatic nitrogens is 3. The van der Waals surface area contributed by atoms with Crippen LogP contribution in [0.5, 0.6) is 0 Å². The number of imidazole rings is 1. The van der Waals surface area contributed by atoms with Crippen LogP contribution in [0.3, 0.4) is 0 Å². The molecule has 0 radical (unpaired) electrons. The molecular formula is C30H29ClN4O2. The Balaban J connectivity index is 1.33. The number of fused-ring (bicyclic) bond motifs is 1. The standard InChI is InChI=1S/C30H29ClN4O2/c1-30(2,3)22-12-8-20(9-13-22)18-32-27(36)17-16-26-28(21-10-14-23(31)15-11-21)34-29(37-26)35-19-33-24-6-4-5-7-25(24)35/h4-15,19H,16-18H2,1-3H3,(H,32,36). The maximum atomic E-state index is 12.7. The van der Waals surface area contributed by atoms with Crippen molar-refractivity contribution in [3.8, 4) is 17.3 Å². The van der Waals surface area contributed by atoms with Crippen molar-refractivity contribution in [2.45, 2.75) is 45.6 Å². The van der Waals surface area contributed by atoms with E-state index in [-0.39, 0.29) is 17.7 Å². The normalized spacial score (nSPS) is 11.7. The maximum Gasteiger partial charge on any atom is 0.308 e. The highest BCUT2D eigenvalue weighted by molar-refractivity contribution is 6.30. The molecule has 0 aliphatic carbocycles. The molecule has 0 aliphatic rings. The monoisotopic (exact) mass is 512 g/mol. The Morgan fingerprint density at radius 2 is 1.73 bits per heavy atom. The van der Waals surface area contributed by atoms with Gasteiger partial charge in [0.05, 0.1) is 11.0 Å². The number of nitrogens with one attached hydrogen (secondary N) is 1. The van der Waals surface area contributed by atoms with Crippen LogP contribution in [0.1, 0.15) is 44.1 Å². The second-order valence-corrected chi connectivity index (χ2v) is 10.5. The van der Waals surface area contributed by atoms with Crippen LogP contribution < -0.4 is 5.32 Å². The van der Waals surface area contributed by atoms with Crippen molar-refractivity contribution in [3.63, 3.8) is 0 Å². The van der Waals surface area contributed by atoms with Gasteiger partial charge in [0.2, 0.25) is 5.91 Å². The van der Waals surface area contributed by atoms with Crippen LogP contribution in [0.15, 0.2) is 83.5 Å². The fourth-order valence-electron chi connectivity index (χ4n) is 4.20. The number of nitrogens with zero attached hydrogens (tertiary/aromatic N) is 3. The number of amides is 1. The summed E-state index contributed by atoms with van der Waals surface area (Å²) in [6.07, 6.45) is 2.38. The van der Waals surface area contributed by atoms with Crippen molar-refractivity contribution in [2.75, 3.05) is 0 Å². The molecule has 1 amide bonds. The molecular weight excluding hydrogens is 484 g/mol. The fourth-order valence-corrected chi connectivity index (χ4v) is 4.32. The molecule has 5 rings (SSSR count). The first-order chi connectivity index (χ1) is 17.8. The topological polar surface area (TPSA) is 73.0 Å². The summed E-state index contributed by atoms with van der Waals surface area (Å²) in [6.45, 7) is 7.04. The number of carbonyl (C=O) groups excluding carboxylic acids is 1. The molecule has 1 N–H and O–H groups in total. The van der Waals surface area contributed by atoms with Gasteiger partial charge in [-0.2, -0.15) is 4.98 Å². The first kappa shape index (κ1) is 24.8. The minimum Gasteiger partial charge on any atom is -0.427 e. The molecule has 3 aromatic carbocycles. The molecule has 0 aliphatic heterocycles. The van der Waals surface area contributed by atoms with Gasteiger partial charge in [-0.1, -0.05) is 80.9 Å². The van der Waals surface area contributed by atoms with E-state index in [0.717, 1.165) is 22.2 Å². The molecule has 0 bridgehead atoms. The Hall–Kier alpha value is -3.90. The Bertz CT molecular complexity index is 1530. The van der Waals surface area contributed by atoms with Gasteiger partial charge in [0.15, 0.2) is 0 Å². The molecule has 2 aromatic heterocycles. The van der Waals surface area contributed by atoms with Crippen molar-refractivity contribution in [1.82, 2.24) is 19.9 Å². The summed E-state index contributed by atoms with van der Waals surface area (Å²) in [5, 5.41) is 3.66. The molecule has 37 heavy (non-hydrogen) atoms. The van der Waals surface area contributed by atoms with Gasteiger partial charge in [-0.25, -0.2) is 4.98 Å². The lowest BCUT2D eigenvalue weighted by Gasteiger charge is -2.19. The van der Waals surface area contributed by atoms with E-state index in [0.29, 0.717) is 35.5 Å². The third-order valence-corrected chi connectivity index (χ3v) is 6.60. The van der Waals surface area contributed by atoms with E-state index in [2.05, 4.69) is 55.3 Å². The number of carbonyl (C=O) groups is 1. The third-order valence-electron chi connectivity index (χ3n) is 6.35. The molecule has 6 nitrogen and oxygen atoms in total. The van der Waals surface area contributed by atoms with Crippen molar-refractivity contribution >= 4 is 28.5 Å². The highest BCUT2D eigenvalue weighted by Gasteiger charge is 2.19. The molecule has 7 heteroatoms. The van der Waals surface area contributed by atoms with Crippen molar-refractivity contribution < 1.29 is 9.21 Å². The van der Waals surface area contributed by atoms with Gasteiger partial charge in [-0.05, 0) is 40.8 Å². The van der Waals surface area contributed by atoms with Gasteiger partial charge in [0.1, 0.15) is 17.8 Å². The number of oxazole rings is 1. The average Bonchev–Trinajstić information content (AvgIpc) is 3.51. The zero-order valence-electron chi connectivity index (χ0n) is 21.2. The molecule has 0 fully saturated rings. The summed E-state index contributed by atoms with van der Waals surface area (Å²) >= 11 is 6.10. The van der Waals surface area contributed by atoms with E-state index in [9.17, 15) is 4.79 Å². The Kier molecular flexibility index (Phi) is 6.85. The average molecular weight is 513 g/mol. The van der Waals surface area contributed by atoms with E-state index in [1.54, 1.807) is 6.33 Å². The number of hydrogen-bond acceptors (Lipinski definition) is 4. The molecule has 0 unspecified atom stereocenters. The van der Waals surface area contributed by atoms with Crippen LogP contribution >= 0.6 is 11.6 Å². The lowest BCUT2D eigenvalue weighted by Crippen LogP contribution is -2.23. The van der Waals surface area contributed by atoms with Crippen molar-refractivity contribution in [1.29, 1.82) is 0 Å². The highest BCUT2D eigenvalue weighted by atomic mass is 35.5. The number of hydrogen-bond donors (Lipinski definition) is 1. The van der Waals surface area contributed by atoms with Crippen LogP contribution in [0.2, 0.25) is 5.02 Å². The first-order valence-corrected chi connectivity index (χ1v) is 12.7. The van der Waals surface area contributed by atoms with E-state index >= 15 is 0 Å². The summed E-state index contributed by atoms with van der Waals surface area (Å²) in [7, 11) is 0. The molecule has 5 aromatic rings. The Morgan fingerprint density at radius 1 is 1.00 bits per heavy atom. The van der Waals surface area contributed by atoms with Gasteiger partial charge in [-0.15, -0.1) is 0 Å². The van der Waals surface area contributed by atoms with E-state index in [1.807, 2.05) is 53.1 Å². The zero-order chi connectivity index (χ0) is 26.0. The number of rotatable bonds is 7. The summed E-state index contributed by atoms with van der Waals surface area (Å²) < 4.78 is 8.03. The molecule has 188 valence electrons. The minimum atomic E-state index is -0.0482. The quantitative estimate of drug-likeness (QED) is 0.258. The molecule has 0 atom stereocenters. The van der Waals surface area contributed by atoms with E-state index in [1.165, 1.54) is 5.56 Å². The molecule has 0 saturated heterocycles. The van der Waals surface area contributed by atoms with Gasteiger partial charge in [0, 0.05) is 30.0 Å². The lowest BCUT2D eigenvalue weighted by atomic mass is 9.87. The highest BCUT2D eigenvalue weighted by Crippen LogP contribution is 2.29. The first-order valence-electron chi connectivity index (χ1n) is 12.3. The Labute approximate surface area is 221 Å². The van der Waals surface area contributed by atoms with Crippen LogP contribution in [0, 0.1) is 0 Å². The molecule has 0 saturated carbocycles. The summed E-state index contributed by atoms with van der Waals surface area (Å²) in [6, 6.07) is 24.0. The molecule has 0 spiro atoms. The number of aryl methyl sites for hydroxylation is 1. The lowest BCUT2D eigenvalue weighted by molar-refractivity contribution is -0.121. The third kappa shape index (κ3) is 5.59. The SMILES string of the molecule is CC(C)(C)c1ccc(CNC(=O)CCc2oc(-n3cnc4ccccc43)nc2-c2ccc(Cl)cc2)cc1. The largest absolute Gasteiger partial charge is 0.427 e. The second kappa shape index (κ2) is 10.2. The smallest absolute Gasteiger partial charge is 0.308 e. The van der Waals surface area contributed by atoms with Crippen LogP contribution in [0.25, 0.3) is 28.3 Å². The van der Waals surface area contributed by atoms with Gasteiger partial charge in [0.25, 0.3) is 0 Å². The fraction of sp³-hybridized carbons (Fsp3) is 0.233. The van der Waals surface area contributed by atoms with Crippen molar-refractivity contribution in [2.24, 2.45) is 0 Å². The number of halogens is 1. The maximum absolute atomic E-state index is 12.7.